The van der Waals surface area contributed by atoms with Crippen LogP contribution < -0.4 is 4.72 Å². The molecule has 3 aromatic carbocycles. The topological polar surface area (TPSA) is 59.1 Å². The summed E-state index contributed by atoms with van der Waals surface area (Å²) < 4.78 is 66.7. The molecule has 4 rings (SSSR count). The third kappa shape index (κ3) is 4.51. The van der Waals surface area contributed by atoms with E-state index in [0.717, 1.165) is 28.6 Å². The first kappa shape index (κ1) is 22.0. The Labute approximate surface area is 183 Å². The summed E-state index contributed by atoms with van der Waals surface area (Å²) >= 11 is 0. The molecule has 0 atom stereocenters. The molecule has 1 heterocycles. The Kier molecular flexibility index (Phi) is 5.75. The highest BCUT2D eigenvalue weighted by molar-refractivity contribution is 7.89. The van der Waals surface area contributed by atoms with Crippen LogP contribution in [0.1, 0.15) is 16.7 Å². The lowest BCUT2D eigenvalue weighted by Crippen LogP contribution is -2.23. The number of fused-ring (bicyclic) bond motifs is 1. The average Bonchev–Trinajstić information content (AvgIpc) is 2.77. The van der Waals surface area contributed by atoms with Gasteiger partial charge in [-0.05, 0) is 65.6 Å². The number of hydrogen-bond acceptors (Lipinski definition) is 3. The zero-order valence-electron chi connectivity index (χ0n) is 17.0. The standard InChI is InChI=1S/C24H19F3N2O2S/c1-16-14-20(10-11-21(16)17-6-8-19(9-7-17)24(25,26)27)32(30,31)29-15-18-12-13-28-23-5-3-2-4-22(18)23/h2-14,29H,15H2,1H3. The van der Waals surface area contributed by atoms with E-state index in [1.807, 2.05) is 24.3 Å². The third-order valence-corrected chi connectivity index (χ3v) is 6.62. The molecule has 164 valence electrons. The minimum Gasteiger partial charge on any atom is -0.256 e. The second-order valence-electron chi connectivity index (χ2n) is 7.36. The summed E-state index contributed by atoms with van der Waals surface area (Å²) in [7, 11) is -3.79. The van der Waals surface area contributed by atoms with E-state index in [4.69, 9.17) is 0 Å². The van der Waals surface area contributed by atoms with E-state index in [1.54, 1.807) is 25.3 Å². The molecule has 4 aromatic rings. The fraction of sp³-hybridized carbons (Fsp3) is 0.125. The lowest BCUT2D eigenvalue weighted by molar-refractivity contribution is -0.137. The van der Waals surface area contributed by atoms with Crippen molar-refractivity contribution in [3.63, 3.8) is 0 Å². The maximum Gasteiger partial charge on any atom is 0.416 e. The number of halogens is 3. The number of nitrogens with one attached hydrogen (secondary N) is 1. The molecule has 0 bridgehead atoms. The molecule has 0 aliphatic rings. The van der Waals surface area contributed by atoms with Crippen molar-refractivity contribution >= 4 is 20.9 Å². The van der Waals surface area contributed by atoms with Crippen LogP contribution in [0.3, 0.4) is 0 Å². The summed E-state index contributed by atoms with van der Waals surface area (Å²) in [6.07, 6.45) is -2.77. The van der Waals surface area contributed by atoms with Crippen LogP contribution in [0.25, 0.3) is 22.0 Å². The van der Waals surface area contributed by atoms with E-state index in [0.29, 0.717) is 16.7 Å². The van der Waals surface area contributed by atoms with Crippen molar-refractivity contribution in [3.8, 4) is 11.1 Å². The Morgan fingerprint density at radius 2 is 1.66 bits per heavy atom. The summed E-state index contributed by atoms with van der Waals surface area (Å²) in [5.74, 6) is 0. The largest absolute Gasteiger partial charge is 0.416 e. The summed E-state index contributed by atoms with van der Waals surface area (Å²) in [6, 6.07) is 18.6. The van der Waals surface area contributed by atoms with Gasteiger partial charge >= 0.3 is 6.18 Å². The number of hydrogen-bond donors (Lipinski definition) is 1. The molecule has 0 fully saturated rings. The Balaban J connectivity index is 1.56. The van der Waals surface area contributed by atoms with Crippen molar-refractivity contribution in [2.75, 3.05) is 0 Å². The maximum atomic E-state index is 12.8. The van der Waals surface area contributed by atoms with Gasteiger partial charge in [-0.3, -0.25) is 4.98 Å². The van der Waals surface area contributed by atoms with Gasteiger partial charge in [0.1, 0.15) is 0 Å². The fourth-order valence-electron chi connectivity index (χ4n) is 3.53. The minimum absolute atomic E-state index is 0.0871. The van der Waals surface area contributed by atoms with E-state index in [2.05, 4.69) is 9.71 Å². The highest BCUT2D eigenvalue weighted by atomic mass is 32.2. The van der Waals surface area contributed by atoms with E-state index >= 15 is 0 Å². The van der Waals surface area contributed by atoms with Gasteiger partial charge in [0, 0.05) is 18.1 Å². The highest BCUT2D eigenvalue weighted by Gasteiger charge is 2.30. The van der Waals surface area contributed by atoms with E-state index in [-0.39, 0.29) is 11.4 Å². The summed E-state index contributed by atoms with van der Waals surface area (Å²) in [4.78, 5) is 4.36. The number of aromatic nitrogens is 1. The molecule has 32 heavy (non-hydrogen) atoms. The number of nitrogens with zero attached hydrogens (tertiary/aromatic N) is 1. The molecular weight excluding hydrogens is 437 g/mol. The summed E-state index contributed by atoms with van der Waals surface area (Å²) in [5.41, 5.74) is 2.74. The molecule has 0 spiro atoms. The second-order valence-corrected chi connectivity index (χ2v) is 9.13. The van der Waals surface area contributed by atoms with Crippen molar-refractivity contribution in [2.45, 2.75) is 24.5 Å². The summed E-state index contributed by atoms with van der Waals surface area (Å²) in [5, 5.41) is 0.867. The maximum absolute atomic E-state index is 12.8. The van der Waals surface area contributed by atoms with Crippen LogP contribution >= 0.6 is 0 Å². The van der Waals surface area contributed by atoms with Crippen molar-refractivity contribution < 1.29 is 21.6 Å². The molecule has 8 heteroatoms. The third-order valence-electron chi connectivity index (χ3n) is 5.22. The van der Waals surface area contributed by atoms with Gasteiger partial charge in [0.25, 0.3) is 0 Å². The highest BCUT2D eigenvalue weighted by Crippen LogP contribution is 2.32. The summed E-state index contributed by atoms with van der Waals surface area (Å²) in [6.45, 7) is 1.83. The predicted molar refractivity (Wildman–Crippen MR) is 117 cm³/mol. The van der Waals surface area contributed by atoms with E-state index in [9.17, 15) is 21.6 Å². The number of pyridine rings is 1. The fourth-order valence-corrected chi connectivity index (χ4v) is 4.62. The molecule has 0 saturated carbocycles. The van der Waals surface area contributed by atoms with Crippen LogP contribution in [0.4, 0.5) is 13.2 Å². The van der Waals surface area contributed by atoms with E-state index in [1.165, 1.54) is 24.3 Å². The Hall–Kier alpha value is -3.23. The molecular formula is C24H19F3N2O2S. The van der Waals surface area contributed by atoms with Gasteiger partial charge in [-0.15, -0.1) is 0 Å². The van der Waals surface area contributed by atoms with Crippen molar-refractivity contribution in [1.29, 1.82) is 0 Å². The number of alkyl halides is 3. The van der Waals surface area contributed by atoms with Crippen molar-refractivity contribution in [2.24, 2.45) is 0 Å². The van der Waals surface area contributed by atoms with Gasteiger partial charge in [-0.2, -0.15) is 13.2 Å². The monoisotopic (exact) mass is 456 g/mol. The van der Waals surface area contributed by atoms with Crippen LogP contribution in [0.5, 0.6) is 0 Å². The Morgan fingerprint density at radius 1 is 0.938 bits per heavy atom. The van der Waals surface area contributed by atoms with Crippen molar-refractivity contribution in [1.82, 2.24) is 9.71 Å². The first-order valence-corrected chi connectivity index (χ1v) is 11.2. The molecule has 0 radical (unpaired) electrons. The van der Waals surface area contributed by atoms with Crippen LogP contribution in [0.2, 0.25) is 0 Å². The molecule has 0 aliphatic carbocycles. The Bertz CT molecular complexity index is 1380. The lowest BCUT2D eigenvalue weighted by atomic mass is 9.99. The molecule has 1 N–H and O–H groups in total. The van der Waals surface area contributed by atoms with Crippen LogP contribution in [0.15, 0.2) is 83.9 Å². The number of sulfonamides is 1. The van der Waals surface area contributed by atoms with Gasteiger partial charge in [0.05, 0.1) is 16.0 Å². The number of aryl methyl sites for hydroxylation is 1. The lowest BCUT2D eigenvalue weighted by Gasteiger charge is -2.12. The van der Waals surface area contributed by atoms with Gasteiger partial charge in [-0.25, -0.2) is 13.1 Å². The second kappa shape index (κ2) is 8.37. The molecule has 0 unspecified atom stereocenters. The minimum atomic E-state index is -4.41. The van der Waals surface area contributed by atoms with Crippen LogP contribution in [0, 0.1) is 6.92 Å². The first-order chi connectivity index (χ1) is 15.1. The Morgan fingerprint density at radius 3 is 2.34 bits per heavy atom. The first-order valence-electron chi connectivity index (χ1n) is 9.76. The van der Waals surface area contributed by atoms with Crippen LogP contribution in [-0.2, 0) is 22.7 Å². The molecule has 0 amide bonds. The SMILES string of the molecule is Cc1cc(S(=O)(=O)NCc2ccnc3ccccc23)ccc1-c1ccc(C(F)(F)F)cc1. The normalized spacial score (nSPS) is 12.2. The zero-order valence-corrected chi connectivity index (χ0v) is 17.8. The van der Waals surface area contributed by atoms with Crippen molar-refractivity contribution in [3.05, 3.63) is 95.7 Å². The quantitative estimate of drug-likeness (QED) is 0.419. The molecule has 4 nitrogen and oxygen atoms in total. The number of rotatable bonds is 5. The van der Waals surface area contributed by atoms with Gasteiger partial charge in [-0.1, -0.05) is 36.4 Å². The number of benzene rings is 3. The van der Waals surface area contributed by atoms with E-state index < -0.39 is 21.8 Å². The zero-order chi connectivity index (χ0) is 22.9. The van der Waals surface area contributed by atoms with Gasteiger partial charge in [0.15, 0.2) is 0 Å². The number of para-hydroxylation sites is 1. The molecule has 0 aliphatic heterocycles. The van der Waals surface area contributed by atoms with Gasteiger partial charge in [0.2, 0.25) is 10.0 Å². The predicted octanol–water partition coefficient (Wildman–Crippen LogP) is 5.71. The van der Waals surface area contributed by atoms with Gasteiger partial charge < -0.3 is 0 Å². The average molecular weight is 456 g/mol. The molecule has 1 aromatic heterocycles. The van der Waals surface area contributed by atoms with Crippen LogP contribution in [-0.4, -0.2) is 13.4 Å². The molecule has 0 saturated heterocycles. The smallest absolute Gasteiger partial charge is 0.256 e.